The minimum atomic E-state index is -0.275. The minimum Gasteiger partial charge on any atom is -0.496 e. The van der Waals surface area contributed by atoms with E-state index in [0.717, 1.165) is 22.4 Å². The van der Waals surface area contributed by atoms with Crippen molar-refractivity contribution in [2.24, 2.45) is 0 Å². The van der Waals surface area contributed by atoms with E-state index in [-0.39, 0.29) is 17.4 Å². The van der Waals surface area contributed by atoms with Gasteiger partial charge < -0.3 is 14.4 Å². The van der Waals surface area contributed by atoms with Gasteiger partial charge in [0.1, 0.15) is 5.75 Å². The van der Waals surface area contributed by atoms with Crippen LogP contribution in [0.5, 0.6) is 5.75 Å². The molecule has 6 heteroatoms. The monoisotopic (exact) mass is 345 g/mol. The van der Waals surface area contributed by atoms with Crippen molar-refractivity contribution >= 4 is 29.3 Å². The van der Waals surface area contributed by atoms with Crippen LogP contribution in [0.1, 0.15) is 41.8 Å². The Morgan fingerprint density at radius 3 is 2.64 bits per heavy atom. The molecule has 1 unspecified atom stereocenters. The maximum absolute atomic E-state index is 11.7. The second kappa shape index (κ2) is 6.97. The topological polar surface area (TPSA) is 38.8 Å². The van der Waals surface area contributed by atoms with Crippen LogP contribution >= 0.6 is 23.2 Å². The second-order valence-electron chi connectivity index (χ2n) is 5.44. The van der Waals surface area contributed by atoms with Crippen molar-refractivity contribution in [3.63, 3.8) is 0 Å². The van der Waals surface area contributed by atoms with Gasteiger partial charge in [-0.05, 0) is 32.4 Å². The Hall–Kier alpha value is -1.13. The highest BCUT2D eigenvalue weighted by molar-refractivity contribution is 6.31. The summed E-state index contributed by atoms with van der Waals surface area (Å²) < 4.78 is 10.6. The number of methoxy groups -OCH3 is 1. The summed E-state index contributed by atoms with van der Waals surface area (Å²) in [6.07, 6.45) is -0.275. The zero-order chi connectivity index (χ0) is 16.4. The van der Waals surface area contributed by atoms with Gasteiger partial charge in [-0.1, -0.05) is 11.6 Å². The van der Waals surface area contributed by atoms with Crippen LogP contribution in [0.25, 0.3) is 0 Å². The van der Waals surface area contributed by atoms with Crippen molar-refractivity contribution in [1.29, 1.82) is 0 Å². The van der Waals surface area contributed by atoms with E-state index >= 15 is 0 Å². The lowest BCUT2D eigenvalue weighted by Gasteiger charge is -2.40. The van der Waals surface area contributed by atoms with Crippen LogP contribution in [0.3, 0.4) is 0 Å². The molecule has 0 saturated carbocycles. The van der Waals surface area contributed by atoms with Gasteiger partial charge in [0.25, 0.3) is 0 Å². The Labute approximate surface area is 141 Å². The average molecular weight is 346 g/mol. The molecule has 1 fully saturated rings. The van der Waals surface area contributed by atoms with Crippen molar-refractivity contribution in [3.8, 4) is 5.75 Å². The zero-order valence-corrected chi connectivity index (χ0v) is 14.8. The van der Waals surface area contributed by atoms with Crippen molar-refractivity contribution in [3.05, 3.63) is 27.8 Å². The summed E-state index contributed by atoms with van der Waals surface area (Å²) in [5.74, 6) is 0.963. The maximum atomic E-state index is 11.7. The number of benzene rings is 1. The average Bonchev–Trinajstić information content (AvgIpc) is 2.41. The number of hydrogen-bond acceptors (Lipinski definition) is 3. The van der Waals surface area contributed by atoms with E-state index < -0.39 is 0 Å². The number of halogens is 2. The predicted molar refractivity (Wildman–Crippen MR) is 88.3 cm³/mol. The Morgan fingerprint density at radius 2 is 2.14 bits per heavy atom. The number of ether oxygens (including phenoxy) is 2. The maximum Gasteiger partial charge on any atom is 0.409 e. The third-order valence-corrected chi connectivity index (χ3v) is 4.63. The number of amides is 1. The molecule has 122 valence electrons. The third kappa shape index (κ3) is 3.13. The molecule has 0 aliphatic carbocycles. The number of alkyl halides is 1. The van der Waals surface area contributed by atoms with Crippen LogP contribution in [0, 0.1) is 6.92 Å². The summed E-state index contributed by atoms with van der Waals surface area (Å²) >= 11 is 12.6. The van der Waals surface area contributed by atoms with Crippen molar-refractivity contribution in [2.75, 3.05) is 26.8 Å². The van der Waals surface area contributed by atoms with Crippen LogP contribution in [0.2, 0.25) is 5.02 Å². The molecule has 0 radical (unpaired) electrons. The van der Waals surface area contributed by atoms with E-state index in [2.05, 4.69) is 0 Å². The van der Waals surface area contributed by atoms with E-state index in [0.29, 0.717) is 24.7 Å². The number of likely N-dealkylation sites (tertiary alicyclic amines) is 1. The van der Waals surface area contributed by atoms with Gasteiger partial charge in [0, 0.05) is 35.2 Å². The number of nitrogens with zero attached hydrogens (tertiary/aromatic N) is 1. The fraction of sp³-hybridized carbons (Fsp3) is 0.562. The Balaban J connectivity index is 2.30. The zero-order valence-electron chi connectivity index (χ0n) is 13.3. The van der Waals surface area contributed by atoms with E-state index in [1.165, 1.54) is 0 Å². The van der Waals surface area contributed by atoms with Crippen LogP contribution in [-0.2, 0) is 4.74 Å². The van der Waals surface area contributed by atoms with Gasteiger partial charge in [0.15, 0.2) is 0 Å². The predicted octanol–water partition coefficient (Wildman–Crippen LogP) is 4.51. The quantitative estimate of drug-likeness (QED) is 0.753. The molecular weight excluding hydrogens is 325 g/mol. The number of hydrogen-bond donors (Lipinski definition) is 0. The normalized spacial score (nSPS) is 16.2. The van der Waals surface area contributed by atoms with E-state index in [4.69, 9.17) is 32.7 Å². The van der Waals surface area contributed by atoms with Gasteiger partial charge in [-0.25, -0.2) is 4.79 Å². The smallest absolute Gasteiger partial charge is 0.409 e. The van der Waals surface area contributed by atoms with Crippen LogP contribution in [0.4, 0.5) is 4.79 Å². The molecule has 1 atom stereocenters. The first-order valence-electron chi connectivity index (χ1n) is 7.33. The highest BCUT2D eigenvalue weighted by Gasteiger charge is 2.36. The molecule has 1 amide bonds. The molecule has 0 spiro atoms. The molecule has 22 heavy (non-hydrogen) atoms. The highest BCUT2D eigenvalue weighted by Crippen LogP contribution is 2.44. The minimum absolute atomic E-state index is 0.187. The summed E-state index contributed by atoms with van der Waals surface area (Å²) in [7, 11) is 1.64. The van der Waals surface area contributed by atoms with Crippen LogP contribution in [-0.4, -0.2) is 37.8 Å². The highest BCUT2D eigenvalue weighted by atomic mass is 35.5. The molecule has 2 rings (SSSR count). The molecule has 4 nitrogen and oxygen atoms in total. The van der Waals surface area contributed by atoms with E-state index in [1.807, 2.05) is 19.9 Å². The fourth-order valence-corrected chi connectivity index (χ4v) is 3.19. The summed E-state index contributed by atoms with van der Waals surface area (Å²) in [4.78, 5) is 13.4. The van der Waals surface area contributed by atoms with E-state index in [9.17, 15) is 4.79 Å². The summed E-state index contributed by atoms with van der Waals surface area (Å²) in [5, 5.41) is 0.473. The molecule has 0 bridgehead atoms. The number of rotatable bonds is 4. The lowest BCUT2D eigenvalue weighted by Crippen LogP contribution is -2.49. The number of carbonyl (C=O) groups excluding carboxylic acids is 1. The Morgan fingerprint density at radius 1 is 1.50 bits per heavy atom. The Bertz CT molecular complexity index is 569. The van der Waals surface area contributed by atoms with Crippen LogP contribution in [0.15, 0.2) is 6.07 Å². The largest absolute Gasteiger partial charge is 0.496 e. The van der Waals surface area contributed by atoms with Gasteiger partial charge in [-0.15, -0.1) is 11.6 Å². The van der Waals surface area contributed by atoms with Gasteiger partial charge in [0.05, 0.1) is 19.1 Å². The SMILES string of the molecule is CCOC(=O)N1CC(c2c(C)c(Cl)cc(C(C)Cl)c2OC)C1. The third-order valence-electron chi connectivity index (χ3n) is 4.00. The van der Waals surface area contributed by atoms with Gasteiger partial charge in [0.2, 0.25) is 0 Å². The Kier molecular flexibility index (Phi) is 5.45. The molecule has 0 aromatic heterocycles. The summed E-state index contributed by atoms with van der Waals surface area (Å²) in [6.45, 7) is 7.25. The fourth-order valence-electron chi connectivity index (χ4n) is 2.80. The van der Waals surface area contributed by atoms with Crippen molar-refractivity contribution in [1.82, 2.24) is 4.90 Å². The first kappa shape index (κ1) is 17.2. The molecule has 1 saturated heterocycles. The van der Waals surface area contributed by atoms with Gasteiger partial charge in [-0.2, -0.15) is 0 Å². The molecular formula is C16H21Cl2NO3. The molecule has 1 heterocycles. The van der Waals surface area contributed by atoms with Crippen LogP contribution < -0.4 is 4.74 Å². The lowest BCUT2D eigenvalue weighted by atomic mass is 9.86. The van der Waals surface area contributed by atoms with Crippen molar-refractivity contribution < 1.29 is 14.3 Å². The second-order valence-corrected chi connectivity index (χ2v) is 6.50. The first-order chi connectivity index (χ1) is 10.4. The molecule has 1 aliphatic rings. The lowest BCUT2D eigenvalue weighted by molar-refractivity contribution is 0.0745. The van der Waals surface area contributed by atoms with Crippen molar-refractivity contribution in [2.45, 2.75) is 32.1 Å². The molecule has 1 aliphatic heterocycles. The molecule has 1 aromatic rings. The van der Waals surface area contributed by atoms with Gasteiger partial charge >= 0.3 is 6.09 Å². The van der Waals surface area contributed by atoms with Gasteiger partial charge in [-0.3, -0.25) is 0 Å². The first-order valence-corrected chi connectivity index (χ1v) is 8.14. The molecule has 1 aromatic carbocycles. The standard InChI is InChI=1S/C16H21Cl2NO3/c1-5-22-16(20)19-7-11(8-19)14-9(2)13(18)6-12(10(3)17)15(14)21-4/h6,10-11H,5,7-8H2,1-4H3. The van der Waals surface area contributed by atoms with E-state index in [1.54, 1.807) is 18.9 Å². The number of carbonyl (C=O) groups is 1. The molecule has 0 N–H and O–H groups in total. The summed E-state index contributed by atoms with van der Waals surface area (Å²) in [5.41, 5.74) is 2.90. The summed E-state index contributed by atoms with van der Waals surface area (Å²) in [6, 6.07) is 1.86.